The van der Waals surface area contributed by atoms with Gasteiger partial charge in [-0.15, -0.1) is 0 Å². The van der Waals surface area contributed by atoms with Gasteiger partial charge in [0.25, 0.3) is 5.56 Å². The molecule has 82 valence electrons. The summed E-state index contributed by atoms with van der Waals surface area (Å²) >= 11 is 0. The average molecular weight is 212 g/mol. The highest BCUT2D eigenvalue weighted by Crippen LogP contribution is 2.24. The maximum Gasteiger partial charge on any atom is 0.330 e. The second-order valence-electron chi connectivity index (χ2n) is 3.60. The summed E-state index contributed by atoms with van der Waals surface area (Å²) in [6.45, 7) is 1.61. The van der Waals surface area contributed by atoms with Gasteiger partial charge in [0.2, 0.25) is 0 Å². The lowest BCUT2D eigenvalue weighted by atomic mass is 10.3. The first-order valence-electron chi connectivity index (χ1n) is 4.73. The van der Waals surface area contributed by atoms with Gasteiger partial charge in [-0.3, -0.25) is 14.3 Å². The highest BCUT2D eigenvalue weighted by molar-refractivity contribution is 5.01. The van der Waals surface area contributed by atoms with Crippen LogP contribution in [0.5, 0.6) is 0 Å². The Balaban J connectivity index is 2.41. The molecule has 0 spiro atoms. The van der Waals surface area contributed by atoms with Crippen molar-refractivity contribution in [3.05, 3.63) is 32.6 Å². The van der Waals surface area contributed by atoms with E-state index in [0.717, 1.165) is 0 Å². The molecule has 1 saturated heterocycles. The van der Waals surface area contributed by atoms with Crippen molar-refractivity contribution in [3.63, 3.8) is 0 Å². The normalized spacial score (nSPS) is 25.7. The van der Waals surface area contributed by atoms with Crippen molar-refractivity contribution in [3.8, 4) is 0 Å². The molecule has 0 aliphatic carbocycles. The molecule has 2 N–H and O–H groups in total. The average Bonchev–Trinajstić information content (AvgIpc) is 2.58. The van der Waals surface area contributed by atoms with E-state index in [1.807, 2.05) is 0 Å². The van der Waals surface area contributed by atoms with E-state index < -0.39 is 23.8 Å². The van der Waals surface area contributed by atoms with Gasteiger partial charge in [0.15, 0.2) is 6.29 Å². The number of rotatable bonds is 1. The third-order valence-electron chi connectivity index (χ3n) is 2.43. The van der Waals surface area contributed by atoms with E-state index in [1.54, 1.807) is 6.92 Å². The molecule has 0 saturated carbocycles. The number of nitrogens with zero attached hydrogens (tertiary/aromatic N) is 1. The molecule has 1 aliphatic rings. The second-order valence-corrected chi connectivity index (χ2v) is 3.60. The Bertz CT molecular complexity index is 476. The first-order chi connectivity index (χ1) is 7.08. The fourth-order valence-electron chi connectivity index (χ4n) is 1.61. The predicted octanol–water partition coefficient (Wildman–Crippen LogP) is -0.528. The van der Waals surface area contributed by atoms with Crippen LogP contribution >= 0.6 is 0 Å². The van der Waals surface area contributed by atoms with Gasteiger partial charge in [0.1, 0.15) is 6.23 Å². The smallest absolute Gasteiger partial charge is 0.330 e. The molecule has 0 bridgehead atoms. The summed E-state index contributed by atoms with van der Waals surface area (Å²) in [5.41, 5.74) is -0.459. The van der Waals surface area contributed by atoms with Crippen LogP contribution in [0.3, 0.4) is 0 Å². The SMILES string of the molecule is Cc1cn(C2CC[C@@H](O)O2)c(=O)[nH]c1=O. The molecule has 1 aromatic rings. The Morgan fingerprint density at radius 1 is 1.53 bits per heavy atom. The summed E-state index contributed by atoms with van der Waals surface area (Å²) in [6, 6.07) is 0. The van der Waals surface area contributed by atoms with E-state index in [2.05, 4.69) is 4.98 Å². The van der Waals surface area contributed by atoms with Crippen LogP contribution in [0.1, 0.15) is 24.6 Å². The second kappa shape index (κ2) is 3.63. The first-order valence-corrected chi connectivity index (χ1v) is 4.73. The number of aromatic nitrogens is 2. The molecule has 0 amide bonds. The van der Waals surface area contributed by atoms with Gasteiger partial charge >= 0.3 is 5.69 Å². The number of aliphatic hydroxyl groups is 1. The van der Waals surface area contributed by atoms with Crippen molar-refractivity contribution in [2.45, 2.75) is 32.3 Å². The van der Waals surface area contributed by atoms with E-state index in [0.29, 0.717) is 18.4 Å². The molecule has 1 aliphatic heterocycles. The summed E-state index contributed by atoms with van der Waals surface area (Å²) < 4.78 is 6.42. The zero-order valence-electron chi connectivity index (χ0n) is 8.27. The summed E-state index contributed by atoms with van der Waals surface area (Å²) in [5, 5.41) is 9.17. The van der Waals surface area contributed by atoms with Crippen LogP contribution in [0.15, 0.2) is 15.8 Å². The van der Waals surface area contributed by atoms with Crippen molar-refractivity contribution in [2.24, 2.45) is 0 Å². The highest BCUT2D eigenvalue weighted by atomic mass is 16.6. The summed E-state index contributed by atoms with van der Waals surface area (Å²) in [4.78, 5) is 24.7. The van der Waals surface area contributed by atoms with Crippen LogP contribution < -0.4 is 11.2 Å². The first kappa shape index (κ1) is 10.1. The molecule has 2 heterocycles. The van der Waals surface area contributed by atoms with Crippen molar-refractivity contribution < 1.29 is 9.84 Å². The third kappa shape index (κ3) is 1.86. The van der Waals surface area contributed by atoms with Gasteiger partial charge in [-0.05, 0) is 13.3 Å². The molecular formula is C9H12N2O4. The summed E-state index contributed by atoms with van der Waals surface area (Å²) in [7, 11) is 0. The molecule has 15 heavy (non-hydrogen) atoms. The van der Waals surface area contributed by atoms with E-state index in [9.17, 15) is 9.59 Å². The van der Waals surface area contributed by atoms with Crippen LogP contribution in [0.4, 0.5) is 0 Å². The lowest BCUT2D eigenvalue weighted by Gasteiger charge is -2.13. The van der Waals surface area contributed by atoms with Gasteiger partial charge in [-0.1, -0.05) is 0 Å². The lowest BCUT2D eigenvalue weighted by Crippen LogP contribution is -2.33. The van der Waals surface area contributed by atoms with Crippen molar-refractivity contribution in [1.82, 2.24) is 9.55 Å². The van der Waals surface area contributed by atoms with Crippen LogP contribution in [0.25, 0.3) is 0 Å². The molecular weight excluding hydrogens is 200 g/mol. The molecule has 0 radical (unpaired) electrons. The monoisotopic (exact) mass is 212 g/mol. The molecule has 0 aromatic carbocycles. The van der Waals surface area contributed by atoms with Gasteiger partial charge in [-0.25, -0.2) is 4.79 Å². The lowest BCUT2D eigenvalue weighted by molar-refractivity contribution is -0.113. The van der Waals surface area contributed by atoms with Gasteiger partial charge in [-0.2, -0.15) is 0 Å². The zero-order valence-corrected chi connectivity index (χ0v) is 8.27. The van der Waals surface area contributed by atoms with E-state index in [4.69, 9.17) is 9.84 Å². The number of H-pyrrole nitrogens is 1. The van der Waals surface area contributed by atoms with E-state index in [-0.39, 0.29) is 0 Å². The van der Waals surface area contributed by atoms with Crippen LogP contribution in [0, 0.1) is 6.92 Å². The molecule has 1 fully saturated rings. The quantitative estimate of drug-likeness (QED) is 0.655. The topological polar surface area (TPSA) is 84.3 Å². The van der Waals surface area contributed by atoms with Crippen molar-refractivity contribution in [1.29, 1.82) is 0 Å². The number of ether oxygens (including phenoxy) is 1. The van der Waals surface area contributed by atoms with Gasteiger partial charge in [0.05, 0.1) is 0 Å². The van der Waals surface area contributed by atoms with Crippen molar-refractivity contribution >= 4 is 0 Å². The molecule has 1 aromatic heterocycles. The maximum absolute atomic E-state index is 11.4. The Morgan fingerprint density at radius 2 is 2.27 bits per heavy atom. The Labute approximate surface area is 85.1 Å². The maximum atomic E-state index is 11.4. The van der Waals surface area contributed by atoms with Crippen LogP contribution in [0.2, 0.25) is 0 Å². The minimum Gasteiger partial charge on any atom is -0.368 e. The number of aliphatic hydroxyl groups excluding tert-OH is 1. The number of hydrogen-bond donors (Lipinski definition) is 2. The Kier molecular flexibility index (Phi) is 2.45. The molecule has 1 unspecified atom stereocenters. The zero-order chi connectivity index (χ0) is 11.0. The summed E-state index contributed by atoms with van der Waals surface area (Å²) in [6.07, 6.45) is 1.20. The predicted molar refractivity (Wildman–Crippen MR) is 51.4 cm³/mol. The largest absolute Gasteiger partial charge is 0.368 e. The molecule has 2 atom stereocenters. The number of aromatic amines is 1. The van der Waals surface area contributed by atoms with E-state index >= 15 is 0 Å². The van der Waals surface area contributed by atoms with Crippen LogP contribution in [-0.2, 0) is 4.74 Å². The number of aryl methyl sites for hydroxylation is 1. The fraction of sp³-hybridized carbons (Fsp3) is 0.556. The highest BCUT2D eigenvalue weighted by Gasteiger charge is 2.25. The Morgan fingerprint density at radius 3 is 2.87 bits per heavy atom. The molecule has 6 heteroatoms. The molecule has 2 rings (SSSR count). The van der Waals surface area contributed by atoms with Crippen LogP contribution in [-0.4, -0.2) is 20.9 Å². The summed E-state index contributed by atoms with van der Waals surface area (Å²) in [5.74, 6) is 0. The number of nitrogens with one attached hydrogen (secondary N) is 1. The molecule has 6 nitrogen and oxygen atoms in total. The third-order valence-corrected chi connectivity index (χ3v) is 2.43. The minimum atomic E-state index is -0.825. The van der Waals surface area contributed by atoms with E-state index in [1.165, 1.54) is 10.8 Å². The standard InChI is InChI=1S/C9H12N2O4/c1-5-4-11(9(14)10-8(5)13)6-2-3-7(12)15-6/h4,6-7,12H,2-3H2,1H3,(H,10,13,14)/t6?,7-/m0/s1. The number of hydrogen-bond acceptors (Lipinski definition) is 4. The fourth-order valence-corrected chi connectivity index (χ4v) is 1.61. The Hall–Kier alpha value is -1.40. The van der Waals surface area contributed by atoms with Gasteiger partial charge < -0.3 is 9.84 Å². The minimum absolute atomic E-state index is 0.394. The van der Waals surface area contributed by atoms with Crippen molar-refractivity contribution in [2.75, 3.05) is 0 Å². The van der Waals surface area contributed by atoms with Gasteiger partial charge in [0, 0.05) is 18.2 Å².